The average Bonchev–Trinajstić information content (AvgIpc) is 2.97. The molecule has 3 rings (SSSR count). The molecule has 0 unspecified atom stereocenters. The molecular formula is C20H19ClN2O6. The molecule has 0 bridgehead atoms. The van der Waals surface area contributed by atoms with Gasteiger partial charge >= 0.3 is 5.97 Å². The van der Waals surface area contributed by atoms with Gasteiger partial charge in [0.25, 0.3) is 11.8 Å². The van der Waals surface area contributed by atoms with E-state index in [9.17, 15) is 14.4 Å². The topological polar surface area (TPSA) is 103 Å². The monoisotopic (exact) mass is 418 g/mol. The fraction of sp³-hybridized carbons (Fsp3) is 0.250. The van der Waals surface area contributed by atoms with Gasteiger partial charge < -0.3 is 24.8 Å². The third-order valence-corrected chi connectivity index (χ3v) is 4.29. The molecule has 2 amide bonds. The lowest BCUT2D eigenvalue weighted by Crippen LogP contribution is -2.22. The number of fused-ring (bicyclic) bond motifs is 1. The number of rotatable bonds is 5. The van der Waals surface area contributed by atoms with Crippen LogP contribution < -0.4 is 20.1 Å². The van der Waals surface area contributed by atoms with Gasteiger partial charge in [-0.3, -0.25) is 9.59 Å². The number of esters is 1. The third-order valence-electron chi connectivity index (χ3n) is 4.01. The highest BCUT2D eigenvalue weighted by Gasteiger charge is 2.20. The van der Waals surface area contributed by atoms with E-state index in [4.69, 9.17) is 25.8 Å². The molecule has 2 N–H and O–H groups in total. The molecule has 0 saturated carbocycles. The quantitative estimate of drug-likeness (QED) is 0.723. The molecule has 9 heteroatoms. The van der Waals surface area contributed by atoms with Gasteiger partial charge in [-0.1, -0.05) is 17.7 Å². The van der Waals surface area contributed by atoms with Crippen molar-refractivity contribution in [1.82, 2.24) is 5.32 Å². The number of anilines is 1. The standard InChI is InChI=1S/C20H19ClN2O6/c1-22-19(25)12-4-2-5-14(8-12)23-17(24)11-29-20(26)13-9-15(21)18-16(10-13)27-6-3-7-28-18/h2,4-5,8-10H,3,6-7,11H2,1H3,(H,22,25)(H,23,24). The van der Waals surface area contributed by atoms with Gasteiger partial charge in [0.15, 0.2) is 18.1 Å². The van der Waals surface area contributed by atoms with Crippen LogP contribution in [-0.4, -0.2) is 44.7 Å². The Kier molecular flexibility index (Phi) is 6.56. The van der Waals surface area contributed by atoms with Gasteiger partial charge in [-0.25, -0.2) is 4.79 Å². The van der Waals surface area contributed by atoms with Crippen molar-refractivity contribution in [3.8, 4) is 11.5 Å². The second kappa shape index (κ2) is 9.29. The number of halogens is 1. The summed E-state index contributed by atoms with van der Waals surface area (Å²) < 4.78 is 16.1. The fourth-order valence-electron chi connectivity index (χ4n) is 2.64. The van der Waals surface area contributed by atoms with Gasteiger partial charge in [0.2, 0.25) is 0 Å². The van der Waals surface area contributed by atoms with Crippen LogP contribution in [0.4, 0.5) is 5.69 Å². The van der Waals surface area contributed by atoms with Crippen LogP contribution in [0.3, 0.4) is 0 Å². The van der Waals surface area contributed by atoms with Crippen molar-refractivity contribution in [3.05, 3.63) is 52.5 Å². The molecule has 1 aliphatic rings. The zero-order chi connectivity index (χ0) is 20.8. The van der Waals surface area contributed by atoms with E-state index >= 15 is 0 Å². The first-order chi connectivity index (χ1) is 14.0. The van der Waals surface area contributed by atoms with Gasteiger partial charge in [0, 0.05) is 24.7 Å². The summed E-state index contributed by atoms with van der Waals surface area (Å²) in [6.07, 6.45) is 0.700. The van der Waals surface area contributed by atoms with Crippen LogP contribution in [0, 0.1) is 0 Å². The molecule has 29 heavy (non-hydrogen) atoms. The zero-order valence-corrected chi connectivity index (χ0v) is 16.4. The molecule has 0 aliphatic carbocycles. The van der Waals surface area contributed by atoms with E-state index in [1.165, 1.54) is 25.2 Å². The number of hydrogen-bond donors (Lipinski definition) is 2. The van der Waals surface area contributed by atoms with E-state index in [0.29, 0.717) is 42.4 Å². The maximum absolute atomic E-state index is 12.3. The molecule has 8 nitrogen and oxygen atoms in total. The lowest BCUT2D eigenvalue weighted by Gasteiger charge is -2.11. The Morgan fingerprint density at radius 3 is 2.69 bits per heavy atom. The molecule has 152 valence electrons. The minimum Gasteiger partial charge on any atom is -0.489 e. The van der Waals surface area contributed by atoms with Crippen molar-refractivity contribution in [1.29, 1.82) is 0 Å². The van der Waals surface area contributed by atoms with Crippen molar-refractivity contribution < 1.29 is 28.6 Å². The minimum atomic E-state index is -0.725. The first-order valence-corrected chi connectivity index (χ1v) is 9.24. The maximum atomic E-state index is 12.3. The number of benzene rings is 2. The Balaban J connectivity index is 1.61. The summed E-state index contributed by atoms with van der Waals surface area (Å²) >= 11 is 6.16. The third kappa shape index (κ3) is 5.17. The summed E-state index contributed by atoms with van der Waals surface area (Å²) in [7, 11) is 1.51. The first kappa shape index (κ1) is 20.5. The summed E-state index contributed by atoms with van der Waals surface area (Å²) in [5.41, 5.74) is 0.948. The largest absolute Gasteiger partial charge is 0.489 e. The van der Waals surface area contributed by atoms with Crippen molar-refractivity contribution in [3.63, 3.8) is 0 Å². The number of carbonyl (C=O) groups is 3. The van der Waals surface area contributed by atoms with Crippen LogP contribution in [0.5, 0.6) is 11.5 Å². The fourth-order valence-corrected chi connectivity index (χ4v) is 2.91. The van der Waals surface area contributed by atoms with E-state index in [0.717, 1.165) is 0 Å². The van der Waals surface area contributed by atoms with Crippen molar-refractivity contribution >= 4 is 35.1 Å². The second-order valence-corrected chi connectivity index (χ2v) is 6.53. The van der Waals surface area contributed by atoms with Crippen LogP contribution >= 0.6 is 11.6 Å². The minimum absolute atomic E-state index is 0.147. The molecule has 0 aromatic heterocycles. The molecule has 1 heterocycles. The molecule has 0 saturated heterocycles. The lowest BCUT2D eigenvalue weighted by atomic mass is 10.2. The van der Waals surface area contributed by atoms with E-state index < -0.39 is 18.5 Å². The van der Waals surface area contributed by atoms with Gasteiger partial charge in [-0.2, -0.15) is 0 Å². The molecule has 2 aromatic rings. The predicted molar refractivity (Wildman–Crippen MR) is 106 cm³/mol. The molecular weight excluding hydrogens is 400 g/mol. The lowest BCUT2D eigenvalue weighted by molar-refractivity contribution is -0.119. The highest BCUT2D eigenvalue weighted by atomic mass is 35.5. The highest BCUT2D eigenvalue weighted by Crippen LogP contribution is 2.38. The van der Waals surface area contributed by atoms with Crippen LogP contribution in [0.2, 0.25) is 5.02 Å². The number of carbonyl (C=O) groups excluding carboxylic acids is 3. The van der Waals surface area contributed by atoms with E-state index in [-0.39, 0.29) is 16.5 Å². The Morgan fingerprint density at radius 1 is 1.10 bits per heavy atom. The molecule has 2 aromatic carbocycles. The molecule has 0 atom stereocenters. The van der Waals surface area contributed by atoms with Crippen molar-refractivity contribution in [2.24, 2.45) is 0 Å². The molecule has 0 fully saturated rings. The zero-order valence-electron chi connectivity index (χ0n) is 15.6. The Bertz CT molecular complexity index is 947. The van der Waals surface area contributed by atoms with Gasteiger partial charge in [0.1, 0.15) is 0 Å². The van der Waals surface area contributed by atoms with Gasteiger partial charge in [-0.15, -0.1) is 0 Å². The summed E-state index contributed by atoms with van der Waals surface area (Å²) in [5, 5.41) is 5.30. The molecule has 0 spiro atoms. The normalized spacial score (nSPS) is 12.5. The van der Waals surface area contributed by atoms with E-state index in [1.807, 2.05) is 0 Å². The Labute approximate surface area is 172 Å². The average molecular weight is 419 g/mol. The maximum Gasteiger partial charge on any atom is 0.338 e. The second-order valence-electron chi connectivity index (χ2n) is 6.12. The van der Waals surface area contributed by atoms with Crippen LogP contribution in [0.1, 0.15) is 27.1 Å². The summed E-state index contributed by atoms with van der Waals surface area (Å²) in [5.74, 6) is -0.810. The number of nitrogens with one attached hydrogen (secondary N) is 2. The van der Waals surface area contributed by atoms with Crippen molar-refractivity contribution in [2.45, 2.75) is 6.42 Å². The van der Waals surface area contributed by atoms with Gasteiger partial charge in [0.05, 0.1) is 23.8 Å². The van der Waals surface area contributed by atoms with Crippen LogP contribution in [0.25, 0.3) is 0 Å². The number of hydrogen-bond acceptors (Lipinski definition) is 6. The Hall–Kier alpha value is -3.26. The van der Waals surface area contributed by atoms with Crippen LogP contribution in [0.15, 0.2) is 36.4 Å². The molecule has 1 aliphatic heterocycles. The van der Waals surface area contributed by atoms with E-state index in [2.05, 4.69) is 10.6 Å². The van der Waals surface area contributed by atoms with Crippen LogP contribution in [-0.2, 0) is 9.53 Å². The Morgan fingerprint density at radius 2 is 1.90 bits per heavy atom. The van der Waals surface area contributed by atoms with Crippen molar-refractivity contribution in [2.75, 3.05) is 32.2 Å². The number of amides is 2. The number of ether oxygens (including phenoxy) is 3. The first-order valence-electron chi connectivity index (χ1n) is 8.86. The SMILES string of the molecule is CNC(=O)c1cccc(NC(=O)COC(=O)c2cc(Cl)c3c(c2)OCCCO3)c1. The summed E-state index contributed by atoms with van der Waals surface area (Å²) in [6.45, 7) is 0.409. The molecule has 0 radical (unpaired) electrons. The smallest absolute Gasteiger partial charge is 0.338 e. The van der Waals surface area contributed by atoms with E-state index in [1.54, 1.807) is 18.2 Å². The summed E-state index contributed by atoms with van der Waals surface area (Å²) in [4.78, 5) is 36.0. The van der Waals surface area contributed by atoms with Gasteiger partial charge in [-0.05, 0) is 30.3 Å². The summed E-state index contributed by atoms with van der Waals surface area (Å²) in [6, 6.07) is 9.26. The highest BCUT2D eigenvalue weighted by molar-refractivity contribution is 6.32. The predicted octanol–water partition coefficient (Wildman–Crippen LogP) is 2.66.